The third-order valence-corrected chi connectivity index (χ3v) is 2.35. The van der Waals surface area contributed by atoms with E-state index in [1.165, 1.54) is 30.6 Å². The third kappa shape index (κ3) is 2.44. The Hall–Kier alpha value is -2.87. The Kier molecular flexibility index (Phi) is 3.21. The first-order chi connectivity index (χ1) is 8.70. The van der Waals surface area contributed by atoms with Crippen LogP contribution in [0, 0.1) is 11.3 Å². The lowest BCUT2D eigenvalue weighted by molar-refractivity contribution is 0.102. The average molecular weight is 239 g/mol. The lowest BCUT2D eigenvalue weighted by Gasteiger charge is -2.03. The summed E-state index contributed by atoms with van der Waals surface area (Å²) in [6.07, 6.45) is 2.91. The second-order valence-electron chi connectivity index (χ2n) is 3.57. The van der Waals surface area contributed by atoms with Crippen molar-refractivity contribution in [3.8, 4) is 6.07 Å². The first kappa shape index (κ1) is 11.6. The van der Waals surface area contributed by atoms with Gasteiger partial charge >= 0.3 is 0 Å². The molecule has 88 valence electrons. The molecule has 1 amide bonds. The Bertz CT molecular complexity index is 666. The van der Waals surface area contributed by atoms with Gasteiger partial charge in [-0.25, -0.2) is 0 Å². The van der Waals surface area contributed by atoms with Gasteiger partial charge in [0.2, 0.25) is 5.43 Å². The second-order valence-corrected chi connectivity index (χ2v) is 3.57. The molecule has 0 aliphatic heterocycles. The minimum atomic E-state index is -0.392. The highest BCUT2D eigenvalue weighted by molar-refractivity contribution is 6.04. The van der Waals surface area contributed by atoms with Gasteiger partial charge in [0, 0.05) is 24.0 Å². The van der Waals surface area contributed by atoms with E-state index in [0.29, 0.717) is 11.1 Å². The number of hydrogen-bond donors (Lipinski definition) is 2. The Morgan fingerprint density at radius 2 is 1.94 bits per heavy atom. The first-order valence-electron chi connectivity index (χ1n) is 5.19. The van der Waals surface area contributed by atoms with Crippen LogP contribution in [0.3, 0.4) is 0 Å². The van der Waals surface area contributed by atoms with Crippen LogP contribution in [0.4, 0.5) is 5.69 Å². The van der Waals surface area contributed by atoms with Crippen LogP contribution in [0.5, 0.6) is 0 Å². The van der Waals surface area contributed by atoms with Crippen LogP contribution >= 0.6 is 0 Å². The molecule has 5 heteroatoms. The van der Waals surface area contributed by atoms with Gasteiger partial charge in [-0.05, 0) is 24.3 Å². The molecule has 5 nitrogen and oxygen atoms in total. The summed E-state index contributed by atoms with van der Waals surface area (Å²) in [5.74, 6) is -0.392. The predicted molar refractivity (Wildman–Crippen MR) is 66.2 cm³/mol. The van der Waals surface area contributed by atoms with Gasteiger partial charge in [-0.1, -0.05) is 0 Å². The molecule has 1 aromatic heterocycles. The molecule has 0 fully saturated rings. The summed E-state index contributed by atoms with van der Waals surface area (Å²) in [5, 5.41) is 11.1. The Morgan fingerprint density at radius 3 is 2.56 bits per heavy atom. The fourth-order valence-electron chi connectivity index (χ4n) is 1.40. The highest BCUT2D eigenvalue weighted by Gasteiger charge is 2.07. The molecule has 0 radical (unpaired) electrons. The number of nitrogens with zero attached hydrogens (tertiary/aromatic N) is 1. The molecule has 0 aliphatic carbocycles. The summed E-state index contributed by atoms with van der Waals surface area (Å²) >= 11 is 0. The van der Waals surface area contributed by atoms with Crippen LogP contribution in [-0.4, -0.2) is 10.9 Å². The molecule has 18 heavy (non-hydrogen) atoms. The van der Waals surface area contributed by atoms with Crippen molar-refractivity contribution in [3.63, 3.8) is 0 Å². The van der Waals surface area contributed by atoms with Crippen LogP contribution in [0.1, 0.15) is 15.9 Å². The highest BCUT2D eigenvalue weighted by atomic mass is 16.2. The number of carbonyl (C=O) groups is 1. The molecule has 0 spiro atoms. The number of carbonyl (C=O) groups excluding carboxylic acids is 1. The molecule has 2 N–H and O–H groups in total. The standard InChI is InChI=1S/C13H9N3O2/c14-7-9-1-3-10(4-2-9)13(18)16-11-8-15-6-5-12(11)17/h1-6,8H,(H,15,17)(H,16,18). The fourth-order valence-corrected chi connectivity index (χ4v) is 1.40. The van der Waals surface area contributed by atoms with Crippen molar-refractivity contribution in [2.24, 2.45) is 0 Å². The van der Waals surface area contributed by atoms with Gasteiger partial charge in [0.1, 0.15) is 5.69 Å². The van der Waals surface area contributed by atoms with Gasteiger partial charge in [-0.2, -0.15) is 5.26 Å². The maximum absolute atomic E-state index is 11.8. The number of nitriles is 1. The van der Waals surface area contributed by atoms with Gasteiger partial charge in [0.05, 0.1) is 11.6 Å². The predicted octanol–water partition coefficient (Wildman–Crippen LogP) is 1.50. The summed E-state index contributed by atoms with van der Waals surface area (Å²) in [4.78, 5) is 25.9. The molecule has 0 atom stereocenters. The average Bonchev–Trinajstić information content (AvgIpc) is 2.41. The largest absolute Gasteiger partial charge is 0.366 e. The molecule has 2 aromatic rings. The molecule has 0 aliphatic rings. The molecule has 0 unspecified atom stereocenters. The summed E-state index contributed by atoms with van der Waals surface area (Å²) in [7, 11) is 0. The lowest BCUT2D eigenvalue weighted by Crippen LogP contribution is -2.17. The number of rotatable bonds is 2. The van der Waals surface area contributed by atoms with E-state index in [9.17, 15) is 9.59 Å². The zero-order valence-electron chi connectivity index (χ0n) is 9.31. The van der Waals surface area contributed by atoms with E-state index in [0.717, 1.165) is 0 Å². The van der Waals surface area contributed by atoms with Gasteiger partial charge < -0.3 is 10.3 Å². The summed E-state index contributed by atoms with van der Waals surface area (Å²) < 4.78 is 0. The van der Waals surface area contributed by atoms with Crippen molar-refractivity contribution in [2.45, 2.75) is 0 Å². The number of H-pyrrole nitrogens is 1. The maximum Gasteiger partial charge on any atom is 0.255 e. The maximum atomic E-state index is 11.8. The Labute approximate surface area is 103 Å². The number of aromatic nitrogens is 1. The summed E-state index contributed by atoms with van der Waals surface area (Å²) in [6.45, 7) is 0. The molecule has 0 bridgehead atoms. The van der Waals surface area contributed by atoms with E-state index in [-0.39, 0.29) is 11.1 Å². The summed E-state index contributed by atoms with van der Waals surface area (Å²) in [5.41, 5.74) is 0.781. The quantitative estimate of drug-likeness (QED) is 0.832. The zero-order chi connectivity index (χ0) is 13.0. The normalized spacial score (nSPS) is 9.50. The zero-order valence-corrected chi connectivity index (χ0v) is 9.31. The van der Waals surface area contributed by atoms with Gasteiger partial charge in [0.25, 0.3) is 5.91 Å². The summed E-state index contributed by atoms with van der Waals surface area (Å²) in [6, 6.07) is 9.45. The molecule has 1 heterocycles. The topological polar surface area (TPSA) is 85.8 Å². The molecular formula is C13H9N3O2. The molecule has 0 saturated carbocycles. The van der Waals surface area contributed by atoms with Crippen LogP contribution in [0.25, 0.3) is 0 Å². The number of hydrogen-bond acceptors (Lipinski definition) is 3. The lowest BCUT2D eigenvalue weighted by atomic mass is 10.1. The van der Waals surface area contributed by atoms with E-state index < -0.39 is 5.91 Å². The Balaban J connectivity index is 2.20. The highest BCUT2D eigenvalue weighted by Crippen LogP contribution is 2.06. The van der Waals surface area contributed by atoms with Gasteiger partial charge in [-0.15, -0.1) is 0 Å². The first-order valence-corrected chi connectivity index (χ1v) is 5.19. The van der Waals surface area contributed by atoms with E-state index >= 15 is 0 Å². The number of pyridine rings is 1. The van der Waals surface area contributed by atoms with Gasteiger partial charge in [0.15, 0.2) is 0 Å². The van der Waals surface area contributed by atoms with Crippen LogP contribution < -0.4 is 10.7 Å². The van der Waals surface area contributed by atoms with Crippen molar-refractivity contribution in [2.75, 3.05) is 5.32 Å². The number of nitrogens with one attached hydrogen (secondary N) is 2. The smallest absolute Gasteiger partial charge is 0.255 e. The van der Waals surface area contributed by atoms with Crippen LogP contribution in [0.15, 0.2) is 47.5 Å². The fraction of sp³-hybridized carbons (Fsp3) is 0. The van der Waals surface area contributed by atoms with E-state index in [1.807, 2.05) is 6.07 Å². The minimum Gasteiger partial charge on any atom is -0.366 e. The minimum absolute atomic E-state index is 0.187. The number of benzene rings is 1. The van der Waals surface area contributed by atoms with Crippen molar-refractivity contribution >= 4 is 11.6 Å². The van der Waals surface area contributed by atoms with Crippen molar-refractivity contribution < 1.29 is 4.79 Å². The molecular weight excluding hydrogens is 230 g/mol. The number of anilines is 1. The Morgan fingerprint density at radius 1 is 1.22 bits per heavy atom. The van der Waals surface area contributed by atoms with Crippen molar-refractivity contribution in [1.29, 1.82) is 5.26 Å². The van der Waals surface area contributed by atoms with Gasteiger partial charge in [-0.3, -0.25) is 9.59 Å². The van der Waals surface area contributed by atoms with Crippen LogP contribution in [0.2, 0.25) is 0 Å². The van der Waals surface area contributed by atoms with Crippen LogP contribution in [-0.2, 0) is 0 Å². The SMILES string of the molecule is N#Cc1ccc(C(=O)Nc2c[nH]ccc2=O)cc1. The second kappa shape index (κ2) is 4.97. The molecule has 1 aromatic carbocycles. The van der Waals surface area contributed by atoms with E-state index in [2.05, 4.69) is 10.3 Å². The van der Waals surface area contributed by atoms with E-state index in [4.69, 9.17) is 5.26 Å². The monoisotopic (exact) mass is 239 g/mol. The molecule has 0 saturated heterocycles. The van der Waals surface area contributed by atoms with E-state index in [1.54, 1.807) is 12.1 Å². The number of aromatic amines is 1. The molecule has 2 rings (SSSR count). The van der Waals surface area contributed by atoms with Crippen molar-refractivity contribution in [3.05, 3.63) is 64.1 Å². The third-order valence-electron chi connectivity index (χ3n) is 2.35. The number of amides is 1. The van der Waals surface area contributed by atoms with Crippen molar-refractivity contribution in [1.82, 2.24) is 4.98 Å².